The zero-order chi connectivity index (χ0) is 11.1. The summed E-state index contributed by atoms with van der Waals surface area (Å²) in [5.74, 6) is 0.0684. The summed E-state index contributed by atoms with van der Waals surface area (Å²) < 4.78 is 0. The van der Waals surface area contributed by atoms with E-state index in [2.05, 4.69) is 32.1 Å². The maximum atomic E-state index is 11.3. The summed E-state index contributed by atoms with van der Waals surface area (Å²) in [6.45, 7) is 5.96. The zero-order valence-corrected chi connectivity index (χ0v) is 46.6. The largest absolute Gasteiger partial charge is 0.334 e. The molecule has 0 unspecified atom stereocenters. The Kier molecular flexibility index (Phi) is 142. The molecule has 1 aliphatic carbocycles. The van der Waals surface area contributed by atoms with Crippen LogP contribution < -0.4 is 0 Å². The van der Waals surface area contributed by atoms with Gasteiger partial charge in [-0.05, 0) is 12.5 Å². The van der Waals surface area contributed by atoms with Gasteiger partial charge >= 0.3 is 0 Å². The van der Waals surface area contributed by atoms with Crippen LogP contribution in [0.2, 0.25) is 0 Å². The minimum atomic E-state index is 0. The second kappa shape index (κ2) is 52.2. The van der Waals surface area contributed by atoms with Crippen LogP contribution in [0, 0.1) is 18.9 Å². The van der Waals surface area contributed by atoms with Crippen molar-refractivity contribution in [2.45, 2.75) is 19.8 Å². The molecule has 0 fully saturated rings. The van der Waals surface area contributed by atoms with Gasteiger partial charge in [-0.3, -0.25) is 10.9 Å². The molecular formula is C14H16OY11-2. The van der Waals surface area contributed by atoms with Gasteiger partial charge in [-0.25, -0.2) is 12.2 Å². The SMILES string of the molecule is [CH2-][C@H]1C=CC(=O)/C1=C/C=[C-]C/C=C\CC.[Y].[Y].[Y].[Y].[Y].[Y].[Y].[Y].[Y].[Y].[Y]. The maximum Gasteiger partial charge on any atom is 0.161 e. The molecule has 0 aromatic heterocycles. The Hall–Kier alpha value is 10.8. The third-order valence-corrected chi connectivity index (χ3v) is 2.18. The molecule has 0 aliphatic heterocycles. The number of allylic oxidation sites excluding steroid dienone is 8. The summed E-state index contributed by atoms with van der Waals surface area (Å²) in [6, 6.07) is 0. The van der Waals surface area contributed by atoms with Crippen molar-refractivity contribution >= 4 is 5.78 Å². The van der Waals surface area contributed by atoms with Crippen LogP contribution in [0.1, 0.15) is 19.8 Å². The predicted octanol–water partition coefficient (Wildman–Crippen LogP) is 3.19. The summed E-state index contributed by atoms with van der Waals surface area (Å²) in [5, 5.41) is 0. The summed E-state index contributed by atoms with van der Waals surface area (Å²) in [6.07, 6.45) is 16.1. The summed E-state index contributed by atoms with van der Waals surface area (Å²) >= 11 is 0. The van der Waals surface area contributed by atoms with E-state index < -0.39 is 0 Å². The van der Waals surface area contributed by atoms with E-state index in [1.807, 2.05) is 6.08 Å². The van der Waals surface area contributed by atoms with E-state index in [1.165, 1.54) is 0 Å². The molecule has 0 aromatic carbocycles. The molecule has 0 amide bonds. The van der Waals surface area contributed by atoms with E-state index in [0.29, 0.717) is 0 Å². The van der Waals surface area contributed by atoms with Crippen LogP contribution in [0.5, 0.6) is 0 Å². The molecule has 0 N–H and O–H groups in total. The third-order valence-electron chi connectivity index (χ3n) is 2.18. The van der Waals surface area contributed by atoms with Crippen LogP contribution in [-0.4, -0.2) is 5.78 Å². The van der Waals surface area contributed by atoms with Gasteiger partial charge in [0.25, 0.3) is 0 Å². The monoisotopic (exact) mass is 1180 g/mol. The Morgan fingerprint density at radius 2 is 1.38 bits per heavy atom. The molecule has 0 saturated carbocycles. The molecule has 0 aromatic rings. The molecule has 26 heavy (non-hydrogen) atoms. The number of hydrogen-bond donors (Lipinski definition) is 0. The zero-order valence-electron chi connectivity index (χ0n) is 15.4. The number of ketones is 1. The Bertz CT molecular complexity index is 355. The third kappa shape index (κ3) is 39.3. The second-order valence-electron chi connectivity index (χ2n) is 3.41. The molecule has 1 nitrogen and oxygen atoms in total. The molecule has 1 rings (SSSR count). The molecule has 12 heteroatoms. The average molecular weight is 1180 g/mol. The second-order valence-corrected chi connectivity index (χ2v) is 3.41. The van der Waals surface area contributed by atoms with Crippen molar-refractivity contribution in [1.29, 1.82) is 0 Å². The first-order chi connectivity index (χ1) is 7.25. The molecule has 0 spiro atoms. The van der Waals surface area contributed by atoms with Crippen molar-refractivity contribution < 1.29 is 365 Å². The van der Waals surface area contributed by atoms with Gasteiger partial charge in [-0.1, -0.05) is 19.4 Å². The quantitative estimate of drug-likeness (QED) is 0.241. The number of rotatable bonds is 4. The smallest absolute Gasteiger partial charge is 0.161 e. The maximum absolute atomic E-state index is 11.3. The Morgan fingerprint density at radius 1 is 0.923 bits per heavy atom. The van der Waals surface area contributed by atoms with Crippen LogP contribution in [0.4, 0.5) is 0 Å². The average Bonchev–Trinajstić information content (AvgIpc) is 2.54. The van der Waals surface area contributed by atoms with E-state index in [0.717, 1.165) is 18.4 Å². The molecule has 0 heterocycles. The fourth-order valence-electron chi connectivity index (χ4n) is 1.33. The first-order valence-corrected chi connectivity index (χ1v) is 5.23. The van der Waals surface area contributed by atoms with Crippen LogP contribution >= 0.6 is 0 Å². The Balaban J connectivity index is -0.0000000227. The van der Waals surface area contributed by atoms with Gasteiger partial charge in [0.15, 0.2) is 5.78 Å². The molecule has 0 bridgehead atoms. The fraction of sp³-hybridized carbons (Fsp3) is 0.286. The van der Waals surface area contributed by atoms with Gasteiger partial charge in [0, 0.05) is 360 Å². The van der Waals surface area contributed by atoms with Crippen molar-refractivity contribution in [2.24, 2.45) is 5.92 Å². The van der Waals surface area contributed by atoms with Gasteiger partial charge < -0.3 is 6.92 Å². The van der Waals surface area contributed by atoms with Crippen molar-refractivity contribution in [3.05, 3.63) is 55.0 Å². The minimum Gasteiger partial charge on any atom is -0.334 e. The Morgan fingerprint density at radius 3 is 1.73 bits per heavy atom. The summed E-state index contributed by atoms with van der Waals surface area (Å²) in [7, 11) is 0. The fourth-order valence-corrected chi connectivity index (χ4v) is 1.33. The first-order valence-electron chi connectivity index (χ1n) is 5.23. The van der Waals surface area contributed by atoms with Crippen LogP contribution in [0.3, 0.4) is 0 Å². The number of carbonyl (C=O) groups is 1. The van der Waals surface area contributed by atoms with E-state index in [-0.39, 0.29) is 372 Å². The van der Waals surface area contributed by atoms with Gasteiger partial charge in [0.05, 0.1) is 0 Å². The van der Waals surface area contributed by atoms with Crippen molar-refractivity contribution in [3.8, 4) is 0 Å². The molecule has 1 aliphatic rings. The normalized spacial score (nSPS) is 13.8. The van der Waals surface area contributed by atoms with E-state index in [1.54, 1.807) is 18.2 Å². The summed E-state index contributed by atoms with van der Waals surface area (Å²) in [4.78, 5) is 11.3. The number of hydrogen-bond acceptors (Lipinski definition) is 1. The molecule has 1 atom stereocenters. The Labute approximate surface area is 437 Å². The molecule has 11 radical (unpaired) electrons. The van der Waals surface area contributed by atoms with Gasteiger partial charge in [-0.15, -0.1) is 23.6 Å². The van der Waals surface area contributed by atoms with E-state index in [9.17, 15) is 4.79 Å². The van der Waals surface area contributed by atoms with Crippen LogP contribution in [0.15, 0.2) is 42.0 Å². The molecule has 0 saturated heterocycles. The van der Waals surface area contributed by atoms with Crippen LogP contribution in [0.25, 0.3) is 0 Å². The molecule has 113 valence electrons. The van der Waals surface area contributed by atoms with E-state index >= 15 is 0 Å². The van der Waals surface area contributed by atoms with Crippen molar-refractivity contribution in [3.63, 3.8) is 0 Å². The van der Waals surface area contributed by atoms with Gasteiger partial charge in [0.2, 0.25) is 0 Å². The topological polar surface area (TPSA) is 17.1 Å². The predicted molar refractivity (Wildman–Crippen MR) is 62.9 cm³/mol. The number of carbonyl (C=O) groups excluding carboxylic acids is 1. The van der Waals surface area contributed by atoms with Gasteiger partial charge in [-0.2, -0.15) is 0 Å². The van der Waals surface area contributed by atoms with E-state index in [4.69, 9.17) is 0 Å². The standard InChI is InChI=1S/C14H16O.11Y/c1-3-4-5-6-7-8-9-13-12(2)10-11-14(13)15;;;;;;;;;;;/h4-5,8-12H,2-3,6H2,1H3;;;;;;;;;;;/q-2;;;;;;;;;;;/b5-4-,13-9+;;;;;;;;;;;/t12-;;;;;;;;;;;/m0.........../s1. The van der Waals surface area contributed by atoms with Crippen molar-refractivity contribution in [2.75, 3.05) is 0 Å². The van der Waals surface area contributed by atoms with Crippen molar-refractivity contribution in [1.82, 2.24) is 0 Å². The van der Waals surface area contributed by atoms with Gasteiger partial charge in [0.1, 0.15) is 0 Å². The molecular weight excluding hydrogens is 1160 g/mol. The first kappa shape index (κ1) is 70.8. The minimum absolute atomic E-state index is 0. The summed E-state index contributed by atoms with van der Waals surface area (Å²) in [5.41, 5.74) is 0.752. The van der Waals surface area contributed by atoms with Crippen LogP contribution in [-0.2, 0) is 365 Å².